The van der Waals surface area contributed by atoms with Crippen LogP contribution < -0.4 is 4.57 Å². The standard InChI is InChI=1S/C21H16N5/c1-24-18-12-23-10-8-17(18)19-21(24)25-13-14-11-22-9-7-16(14)20(25)26(19)15-5-3-2-4-6-15/h2-12H,13H2,1H3/q+1. The molecule has 0 spiro atoms. The lowest BCUT2D eigenvalue weighted by Gasteiger charge is -2.04. The van der Waals surface area contributed by atoms with Crippen molar-refractivity contribution in [2.45, 2.75) is 6.54 Å². The average molecular weight is 338 g/mol. The molecule has 0 aliphatic carbocycles. The summed E-state index contributed by atoms with van der Waals surface area (Å²) in [5, 5.41) is 1.22. The first-order valence-electron chi connectivity index (χ1n) is 8.70. The van der Waals surface area contributed by atoms with E-state index in [1.54, 1.807) is 0 Å². The SMILES string of the molecule is Cn1c2cnccc2c2c1[n+]1c(n2-c2ccccc2)-c2ccncc2C1. The molecule has 0 saturated heterocycles. The topological polar surface area (TPSA) is 39.5 Å². The van der Waals surface area contributed by atoms with Gasteiger partial charge in [0.2, 0.25) is 5.82 Å². The molecule has 0 amide bonds. The van der Waals surface area contributed by atoms with Crippen LogP contribution in [0.3, 0.4) is 0 Å². The molecule has 0 N–H and O–H groups in total. The highest BCUT2D eigenvalue weighted by molar-refractivity contribution is 6.05. The van der Waals surface area contributed by atoms with Gasteiger partial charge in [0, 0.05) is 24.2 Å². The Balaban J connectivity index is 1.87. The van der Waals surface area contributed by atoms with Gasteiger partial charge in [-0.25, -0.2) is 9.13 Å². The van der Waals surface area contributed by atoms with Crippen LogP contribution >= 0.6 is 0 Å². The largest absolute Gasteiger partial charge is 0.270 e. The lowest BCUT2D eigenvalue weighted by atomic mass is 10.1. The van der Waals surface area contributed by atoms with Crippen molar-refractivity contribution < 1.29 is 4.57 Å². The number of para-hydroxylation sites is 1. The van der Waals surface area contributed by atoms with Crippen LogP contribution in [0.5, 0.6) is 0 Å². The molecule has 26 heavy (non-hydrogen) atoms. The fourth-order valence-corrected chi connectivity index (χ4v) is 4.29. The third-order valence-electron chi connectivity index (χ3n) is 5.38. The van der Waals surface area contributed by atoms with Crippen LogP contribution in [0, 0.1) is 0 Å². The summed E-state index contributed by atoms with van der Waals surface area (Å²) >= 11 is 0. The van der Waals surface area contributed by atoms with E-state index in [1.807, 2.05) is 24.8 Å². The molecule has 0 unspecified atom stereocenters. The maximum Gasteiger partial charge on any atom is 0.270 e. The van der Waals surface area contributed by atoms with E-state index in [1.165, 1.54) is 39.2 Å². The summed E-state index contributed by atoms with van der Waals surface area (Å²) in [6, 6.07) is 14.8. The van der Waals surface area contributed by atoms with E-state index in [2.05, 4.69) is 73.2 Å². The van der Waals surface area contributed by atoms with Crippen molar-refractivity contribution in [2.75, 3.05) is 0 Å². The minimum absolute atomic E-state index is 0.840. The molecule has 5 nitrogen and oxygen atoms in total. The Labute approximate surface area is 149 Å². The van der Waals surface area contributed by atoms with Crippen molar-refractivity contribution in [1.82, 2.24) is 19.1 Å². The lowest BCUT2D eigenvalue weighted by molar-refractivity contribution is -0.648. The Hall–Kier alpha value is -3.47. The highest BCUT2D eigenvalue weighted by atomic mass is 15.3. The lowest BCUT2D eigenvalue weighted by Crippen LogP contribution is -2.33. The van der Waals surface area contributed by atoms with Crippen LogP contribution in [-0.4, -0.2) is 19.1 Å². The summed E-state index contributed by atoms with van der Waals surface area (Å²) in [5.74, 6) is 1.22. The Morgan fingerprint density at radius 3 is 2.65 bits per heavy atom. The van der Waals surface area contributed by atoms with Gasteiger partial charge < -0.3 is 0 Å². The first-order valence-corrected chi connectivity index (χ1v) is 8.70. The van der Waals surface area contributed by atoms with Crippen LogP contribution in [-0.2, 0) is 13.6 Å². The second-order valence-corrected chi connectivity index (χ2v) is 6.74. The third kappa shape index (κ3) is 1.57. The zero-order valence-corrected chi connectivity index (χ0v) is 14.3. The zero-order valence-electron chi connectivity index (χ0n) is 14.3. The van der Waals surface area contributed by atoms with Gasteiger partial charge in [0.05, 0.1) is 30.7 Å². The molecule has 6 rings (SSSR count). The minimum Gasteiger partial charge on any atom is -0.264 e. The van der Waals surface area contributed by atoms with Crippen molar-refractivity contribution in [3.05, 3.63) is 72.8 Å². The smallest absolute Gasteiger partial charge is 0.264 e. The molecule has 1 aliphatic heterocycles. The second kappa shape index (κ2) is 4.79. The number of rotatable bonds is 1. The molecule has 1 aromatic carbocycles. The highest BCUT2D eigenvalue weighted by Gasteiger charge is 2.36. The van der Waals surface area contributed by atoms with Crippen LogP contribution in [0.15, 0.2) is 67.3 Å². The number of aryl methyl sites for hydroxylation is 1. The van der Waals surface area contributed by atoms with Gasteiger partial charge in [-0.15, -0.1) is 0 Å². The van der Waals surface area contributed by atoms with Crippen LogP contribution in [0.2, 0.25) is 0 Å². The normalized spacial score (nSPS) is 12.7. The number of imidazole rings is 1. The Morgan fingerprint density at radius 2 is 1.77 bits per heavy atom. The van der Waals surface area contributed by atoms with Crippen molar-refractivity contribution in [2.24, 2.45) is 7.05 Å². The van der Waals surface area contributed by atoms with Crippen LogP contribution in [0.4, 0.5) is 0 Å². The van der Waals surface area contributed by atoms with Gasteiger partial charge >= 0.3 is 0 Å². The molecule has 4 aromatic heterocycles. The van der Waals surface area contributed by atoms with Crippen molar-refractivity contribution in [3.8, 4) is 17.1 Å². The van der Waals surface area contributed by atoms with Gasteiger partial charge in [0.1, 0.15) is 11.2 Å². The Bertz CT molecular complexity index is 1310. The first kappa shape index (κ1) is 13.8. The van der Waals surface area contributed by atoms with Crippen LogP contribution in [0.25, 0.3) is 39.1 Å². The van der Waals surface area contributed by atoms with E-state index in [0.29, 0.717) is 0 Å². The van der Waals surface area contributed by atoms with E-state index >= 15 is 0 Å². The summed E-state index contributed by atoms with van der Waals surface area (Å²) in [6.07, 6.45) is 7.68. The van der Waals surface area contributed by atoms with Gasteiger partial charge in [-0.05, 0) is 24.3 Å². The van der Waals surface area contributed by atoms with E-state index in [9.17, 15) is 0 Å². The fraction of sp³-hybridized carbons (Fsp3) is 0.0952. The number of aromatic nitrogens is 5. The first-order chi connectivity index (χ1) is 12.8. The molecule has 5 aromatic rings. The monoisotopic (exact) mass is 338 g/mol. The average Bonchev–Trinajstić information content (AvgIpc) is 3.31. The van der Waals surface area contributed by atoms with Crippen molar-refractivity contribution >= 4 is 22.1 Å². The summed E-state index contributed by atoms with van der Waals surface area (Å²) in [7, 11) is 2.12. The molecule has 0 bridgehead atoms. The quantitative estimate of drug-likeness (QED) is 0.432. The maximum absolute atomic E-state index is 4.33. The number of pyridine rings is 2. The third-order valence-corrected chi connectivity index (χ3v) is 5.38. The molecular weight excluding hydrogens is 322 g/mol. The van der Waals surface area contributed by atoms with Crippen molar-refractivity contribution in [1.29, 1.82) is 0 Å². The van der Waals surface area contributed by atoms with Crippen LogP contribution in [0.1, 0.15) is 5.56 Å². The summed E-state index contributed by atoms with van der Waals surface area (Å²) in [4.78, 5) is 8.66. The molecular formula is C21H16N5+. The predicted octanol–water partition coefficient (Wildman–Crippen LogP) is 3.23. The van der Waals surface area contributed by atoms with Gasteiger partial charge in [0.25, 0.3) is 5.65 Å². The summed E-state index contributed by atoms with van der Waals surface area (Å²) < 4.78 is 7.03. The minimum atomic E-state index is 0.840. The van der Waals surface area contributed by atoms with Gasteiger partial charge in [-0.2, -0.15) is 0 Å². The number of nitrogens with zero attached hydrogens (tertiary/aromatic N) is 5. The zero-order chi connectivity index (χ0) is 17.3. The van der Waals surface area contributed by atoms with E-state index < -0.39 is 0 Å². The number of fused-ring (bicyclic) bond motifs is 7. The van der Waals surface area contributed by atoms with E-state index in [4.69, 9.17) is 0 Å². The van der Waals surface area contributed by atoms with Gasteiger partial charge in [-0.3, -0.25) is 14.5 Å². The second-order valence-electron chi connectivity index (χ2n) is 6.74. The molecule has 0 atom stereocenters. The Morgan fingerprint density at radius 1 is 0.962 bits per heavy atom. The summed E-state index contributed by atoms with van der Waals surface area (Å²) in [6.45, 7) is 0.840. The Kier molecular flexibility index (Phi) is 2.54. The van der Waals surface area contributed by atoms with E-state index in [0.717, 1.165) is 12.1 Å². The molecule has 0 fully saturated rings. The highest BCUT2D eigenvalue weighted by Crippen LogP contribution is 2.37. The maximum atomic E-state index is 4.33. The summed E-state index contributed by atoms with van der Waals surface area (Å²) in [5.41, 5.74) is 7.27. The number of hydrogen-bond acceptors (Lipinski definition) is 2. The molecule has 0 saturated carbocycles. The molecule has 5 heterocycles. The number of hydrogen-bond donors (Lipinski definition) is 0. The number of benzene rings is 1. The van der Waals surface area contributed by atoms with Gasteiger partial charge in [0.15, 0.2) is 5.52 Å². The molecule has 124 valence electrons. The fourth-order valence-electron chi connectivity index (χ4n) is 4.29. The van der Waals surface area contributed by atoms with Gasteiger partial charge in [-0.1, -0.05) is 18.2 Å². The molecule has 0 radical (unpaired) electrons. The van der Waals surface area contributed by atoms with Crippen molar-refractivity contribution in [3.63, 3.8) is 0 Å². The molecule has 1 aliphatic rings. The predicted molar refractivity (Wildman–Crippen MR) is 100 cm³/mol. The van der Waals surface area contributed by atoms with E-state index in [-0.39, 0.29) is 0 Å². The molecule has 5 heteroatoms.